The van der Waals surface area contributed by atoms with Crippen molar-refractivity contribution in [1.29, 1.82) is 0 Å². The molecular weight excluding hydrogens is 471 g/mol. The zero-order valence-electron chi connectivity index (χ0n) is 17.7. The van der Waals surface area contributed by atoms with Crippen molar-refractivity contribution in [1.82, 2.24) is 0 Å². The lowest BCUT2D eigenvalue weighted by molar-refractivity contribution is -0.119. The first-order valence-electron chi connectivity index (χ1n) is 9.68. The van der Waals surface area contributed by atoms with E-state index in [1.165, 1.54) is 24.3 Å². The number of nitrogens with one attached hydrogen (secondary N) is 2. The van der Waals surface area contributed by atoms with Crippen LogP contribution in [0.2, 0.25) is 5.02 Å². The Balaban J connectivity index is 1.70. The summed E-state index contributed by atoms with van der Waals surface area (Å²) in [4.78, 5) is 24.5. The van der Waals surface area contributed by atoms with Crippen LogP contribution in [0, 0.1) is 19.7 Å². The van der Waals surface area contributed by atoms with E-state index in [-0.39, 0.29) is 16.1 Å². The van der Waals surface area contributed by atoms with E-state index in [1.807, 2.05) is 0 Å². The van der Waals surface area contributed by atoms with Crippen LogP contribution in [0.15, 0.2) is 65.6 Å². The molecule has 2 N–H and O–H groups in total. The zero-order valence-corrected chi connectivity index (χ0v) is 19.3. The van der Waals surface area contributed by atoms with Gasteiger partial charge in [0.25, 0.3) is 15.9 Å². The summed E-state index contributed by atoms with van der Waals surface area (Å²) in [6.07, 6.45) is 0. The number of carbonyl (C=O) groups excluding carboxylic acids is 2. The molecule has 0 aliphatic heterocycles. The third-order valence-electron chi connectivity index (χ3n) is 4.71. The van der Waals surface area contributed by atoms with E-state index in [4.69, 9.17) is 16.3 Å². The molecule has 0 spiro atoms. The Morgan fingerprint density at radius 3 is 2.42 bits per heavy atom. The zero-order chi connectivity index (χ0) is 24.2. The lowest BCUT2D eigenvalue weighted by Crippen LogP contribution is -2.22. The number of anilines is 2. The maximum Gasteiger partial charge on any atom is 0.338 e. The number of halogens is 2. The van der Waals surface area contributed by atoms with Crippen LogP contribution in [0.5, 0.6) is 0 Å². The van der Waals surface area contributed by atoms with Crippen molar-refractivity contribution < 1.29 is 27.1 Å². The van der Waals surface area contributed by atoms with Crippen LogP contribution in [0.1, 0.15) is 21.5 Å². The van der Waals surface area contributed by atoms with E-state index in [0.29, 0.717) is 21.8 Å². The molecule has 0 atom stereocenters. The highest BCUT2D eigenvalue weighted by atomic mass is 35.5. The number of aryl methyl sites for hydroxylation is 1. The molecule has 0 unspecified atom stereocenters. The van der Waals surface area contributed by atoms with Gasteiger partial charge in [0.2, 0.25) is 0 Å². The first kappa shape index (κ1) is 24.2. The van der Waals surface area contributed by atoms with Gasteiger partial charge in [-0.15, -0.1) is 0 Å². The molecule has 0 aromatic heterocycles. The van der Waals surface area contributed by atoms with Crippen LogP contribution < -0.4 is 10.0 Å². The molecule has 7 nitrogen and oxygen atoms in total. The summed E-state index contributed by atoms with van der Waals surface area (Å²) in [6.45, 7) is 2.77. The second-order valence-electron chi connectivity index (χ2n) is 7.13. The third-order valence-corrected chi connectivity index (χ3v) is 6.50. The Kier molecular flexibility index (Phi) is 7.35. The largest absolute Gasteiger partial charge is 0.452 e. The molecule has 3 rings (SSSR count). The van der Waals surface area contributed by atoms with E-state index in [9.17, 15) is 22.4 Å². The van der Waals surface area contributed by atoms with Gasteiger partial charge < -0.3 is 10.1 Å². The van der Waals surface area contributed by atoms with Crippen molar-refractivity contribution in [3.05, 3.63) is 88.2 Å². The van der Waals surface area contributed by atoms with Crippen molar-refractivity contribution in [2.45, 2.75) is 18.7 Å². The molecule has 0 fully saturated rings. The molecule has 1 amide bonds. The molecule has 0 bridgehead atoms. The summed E-state index contributed by atoms with van der Waals surface area (Å²) in [6, 6.07) is 13.7. The number of benzene rings is 3. The minimum Gasteiger partial charge on any atom is -0.452 e. The van der Waals surface area contributed by atoms with Crippen LogP contribution in [0.25, 0.3) is 0 Å². The molecule has 0 saturated heterocycles. The highest BCUT2D eigenvalue weighted by Crippen LogP contribution is 2.23. The number of hydrogen-bond donors (Lipinski definition) is 2. The number of ether oxygens (including phenoxy) is 1. The van der Waals surface area contributed by atoms with Gasteiger partial charge in [0.1, 0.15) is 5.82 Å². The fraction of sp³-hybridized carbons (Fsp3) is 0.130. The van der Waals surface area contributed by atoms with Gasteiger partial charge in [-0.25, -0.2) is 17.6 Å². The quantitative estimate of drug-likeness (QED) is 0.468. The van der Waals surface area contributed by atoms with Gasteiger partial charge in [-0.05, 0) is 73.5 Å². The molecule has 0 aliphatic carbocycles. The number of amides is 1. The van der Waals surface area contributed by atoms with Gasteiger partial charge in [0.05, 0.1) is 10.5 Å². The monoisotopic (exact) mass is 490 g/mol. The van der Waals surface area contributed by atoms with Crippen molar-refractivity contribution in [3.8, 4) is 0 Å². The van der Waals surface area contributed by atoms with Crippen LogP contribution >= 0.6 is 11.6 Å². The SMILES string of the molecule is Cc1ccc(S(=O)(=O)Nc2ccc(F)cc2)cc1C(=O)OCC(=O)Nc1cccc(Cl)c1C. The van der Waals surface area contributed by atoms with Crippen molar-refractivity contribution >= 4 is 44.9 Å². The molecular formula is C23H20ClFN2O5S. The number of rotatable bonds is 7. The average Bonchev–Trinajstić information content (AvgIpc) is 2.77. The van der Waals surface area contributed by atoms with Gasteiger partial charge in [-0.2, -0.15) is 0 Å². The minimum atomic E-state index is -4.05. The maximum absolute atomic E-state index is 13.1. The van der Waals surface area contributed by atoms with Crippen LogP contribution in [0.4, 0.5) is 15.8 Å². The van der Waals surface area contributed by atoms with Gasteiger partial charge in [-0.3, -0.25) is 9.52 Å². The summed E-state index contributed by atoms with van der Waals surface area (Å²) < 4.78 is 45.8. The van der Waals surface area contributed by atoms with Crippen molar-refractivity contribution in [2.24, 2.45) is 0 Å². The minimum absolute atomic E-state index is 0.0104. The van der Waals surface area contributed by atoms with Gasteiger partial charge >= 0.3 is 5.97 Å². The third kappa shape index (κ3) is 6.09. The van der Waals surface area contributed by atoms with Crippen LogP contribution in [-0.2, 0) is 19.6 Å². The molecule has 3 aromatic rings. The number of carbonyl (C=O) groups is 2. The van der Waals surface area contributed by atoms with E-state index in [1.54, 1.807) is 32.0 Å². The molecule has 0 radical (unpaired) electrons. The summed E-state index contributed by atoms with van der Waals surface area (Å²) in [7, 11) is -4.05. The van der Waals surface area contributed by atoms with E-state index >= 15 is 0 Å². The summed E-state index contributed by atoms with van der Waals surface area (Å²) >= 11 is 6.02. The van der Waals surface area contributed by atoms with E-state index in [2.05, 4.69) is 10.0 Å². The second kappa shape index (κ2) is 10.0. The normalized spacial score (nSPS) is 11.0. The Labute approximate surface area is 195 Å². The Morgan fingerprint density at radius 1 is 1.03 bits per heavy atom. The average molecular weight is 491 g/mol. The lowest BCUT2D eigenvalue weighted by Gasteiger charge is -2.12. The molecule has 0 aliphatic rings. The molecule has 0 heterocycles. The highest BCUT2D eigenvalue weighted by Gasteiger charge is 2.20. The smallest absolute Gasteiger partial charge is 0.338 e. The van der Waals surface area contributed by atoms with Crippen LogP contribution in [0.3, 0.4) is 0 Å². The standard InChI is InChI=1S/C23H20ClFN2O5S/c1-14-6-11-18(33(30,31)27-17-9-7-16(25)8-10-17)12-19(14)23(29)32-13-22(28)26-21-5-3-4-20(24)15(21)2/h3-12,27H,13H2,1-2H3,(H,26,28). The Hall–Kier alpha value is -3.43. The molecule has 33 heavy (non-hydrogen) atoms. The number of esters is 1. The first-order chi connectivity index (χ1) is 15.6. The van der Waals surface area contributed by atoms with E-state index in [0.717, 1.165) is 18.2 Å². The Bertz CT molecular complexity index is 1310. The summed E-state index contributed by atoms with van der Waals surface area (Å²) in [5.74, 6) is -1.94. The number of sulfonamides is 1. The molecule has 3 aromatic carbocycles. The predicted octanol–water partition coefficient (Wildman–Crippen LogP) is 4.69. The highest BCUT2D eigenvalue weighted by molar-refractivity contribution is 7.92. The second-order valence-corrected chi connectivity index (χ2v) is 9.22. The summed E-state index contributed by atoms with van der Waals surface area (Å²) in [5, 5.41) is 3.09. The lowest BCUT2D eigenvalue weighted by atomic mass is 10.1. The molecule has 0 saturated carbocycles. The summed E-state index contributed by atoms with van der Waals surface area (Å²) in [5.41, 5.74) is 1.77. The van der Waals surface area contributed by atoms with Gasteiger partial charge in [0.15, 0.2) is 6.61 Å². The molecule has 10 heteroatoms. The maximum atomic E-state index is 13.1. The van der Waals surface area contributed by atoms with Crippen molar-refractivity contribution in [3.63, 3.8) is 0 Å². The Morgan fingerprint density at radius 2 is 1.73 bits per heavy atom. The van der Waals surface area contributed by atoms with Crippen LogP contribution in [-0.4, -0.2) is 26.9 Å². The van der Waals surface area contributed by atoms with E-state index < -0.39 is 34.3 Å². The predicted molar refractivity (Wildman–Crippen MR) is 123 cm³/mol. The van der Waals surface area contributed by atoms with Gasteiger partial charge in [0, 0.05) is 16.4 Å². The van der Waals surface area contributed by atoms with Gasteiger partial charge in [-0.1, -0.05) is 23.7 Å². The van der Waals surface area contributed by atoms with Crippen molar-refractivity contribution in [2.75, 3.05) is 16.6 Å². The fourth-order valence-electron chi connectivity index (χ4n) is 2.86. The number of hydrogen-bond acceptors (Lipinski definition) is 5. The first-order valence-corrected chi connectivity index (χ1v) is 11.5. The fourth-order valence-corrected chi connectivity index (χ4v) is 4.12. The topological polar surface area (TPSA) is 102 Å². The molecule has 172 valence electrons.